The molecule has 2 rings (SSSR count). The highest BCUT2D eigenvalue weighted by atomic mass is 32.1. The summed E-state index contributed by atoms with van der Waals surface area (Å²) in [5, 5.41) is 2.97. The van der Waals surface area contributed by atoms with Crippen LogP contribution in [-0.4, -0.2) is 5.91 Å². The Morgan fingerprint density at radius 1 is 1.42 bits per heavy atom. The Morgan fingerprint density at radius 3 is 2.68 bits per heavy atom. The standard InChI is InChI=1S/C15H19NO2S/c1-5-12-8-14(19-11(12)4)15(17)16-10(3)13-7-6-9(2)18-13/h6-8,10H,5H2,1-4H3,(H,16,17). The van der Waals surface area contributed by atoms with Crippen LogP contribution in [0.3, 0.4) is 0 Å². The summed E-state index contributed by atoms with van der Waals surface area (Å²) in [6.45, 7) is 7.98. The second-order valence-corrected chi connectivity index (χ2v) is 5.95. The van der Waals surface area contributed by atoms with E-state index in [0.717, 1.165) is 22.8 Å². The van der Waals surface area contributed by atoms with Gasteiger partial charge in [0.2, 0.25) is 0 Å². The summed E-state index contributed by atoms with van der Waals surface area (Å²) in [6.07, 6.45) is 0.961. The van der Waals surface area contributed by atoms with Crippen LogP contribution in [-0.2, 0) is 6.42 Å². The van der Waals surface area contributed by atoms with Gasteiger partial charge in [0.05, 0.1) is 10.9 Å². The van der Waals surface area contributed by atoms with Crippen molar-refractivity contribution in [2.45, 2.75) is 40.2 Å². The molecule has 19 heavy (non-hydrogen) atoms. The van der Waals surface area contributed by atoms with E-state index in [0.29, 0.717) is 0 Å². The van der Waals surface area contributed by atoms with E-state index in [9.17, 15) is 4.79 Å². The van der Waals surface area contributed by atoms with Crippen LogP contribution in [0.4, 0.5) is 0 Å². The van der Waals surface area contributed by atoms with E-state index in [2.05, 4.69) is 19.2 Å². The van der Waals surface area contributed by atoms with Crippen LogP contribution < -0.4 is 5.32 Å². The maximum Gasteiger partial charge on any atom is 0.261 e. The molecule has 0 aliphatic heterocycles. The first-order chi connectivity index (χ1) is 9.01. The summed E-state index contributed by atoms with van der Waals surface area (Å²) >= 11 is 1.55. The van der Waals surface area contributed by atoms with Crippen molar-refractivity contribution in [3.63, 3.8) is 0 Å². The maximum atomic E-state index is 12.2. The topological polar surface area (TPSA) is 42.2 Å². The first-order valence-electron chi connectivity index (χ1n) is 6.47. The van der Waals surface area contributed by atoms with E-state index in [1.807, 2.05) is 32.0 Å². The monoisotopic (exact) mass is 277 g/mol. The van der Waals surface area contributed by atoms with Gasteiger partial charge in [-0.05, 0) is 51.0 Å². The number of aryl methyl sites for hydroxylation is 3. The molecule has 0 fully saturated rings. The lowest BCUT2D eigenvalue weighted by Gasteiger charge is -2.10. The molecule has 1 unspecified atom stereocenters. The molecule has 0 spiro atoms. The van der Waals surface area contributed by atoms with E-state index < -0.39 is 0 Å². The lowest BCUT2D eigenvalue weighted by atomic mass is 10.2. The second-order valence-electron chi connectivity index (χ2n) is 4.69. The summed E-state index contributed by atoms with van der Waals surface area (Å²) in [5.41, 5.74) is 1.25. The molecule has 1 amide bonds. The number of nitrogens with one attached hydrogen (secondary N) is 1. The molecule has 2 heterocycles. The Balaban J connectivity index is 2.08. The number of carbonyl (C=O) groups excluding carboxylic acids is 1. The third-order valence-electron chi connectivity index (χ3n) is 3.16. The van der Waals surface area contributed by atoms with Gasteiger partial charge in [0.25, 0.3) is 5.91 Å². The normalized spacial score (nSPS) is 12.4. The van der Waals surface area contributed by atoms with Crippen LogP contribution in [0.2, 0.25) is 0 Å². The quantitative estimate of drug-likeness (QED) is 0.917. The predicted octanol–water partition coefficient (Wildman–Crippen LogP) is 4.01. The molecule has 0 aliphatic carbocycles. The third kappa shape index (κ3) is 3.07. The van der Waals surface area contributed by atoms with Crippen LogP contribution in [0.15, 0.2) is 22.6 Å². The van der Waals surface area contributed by atoms with Gasteiger partial charge in [0.1, 0.15) is 11.5 Å². The fourth-order valence-electron chi connectivity index (χ4n) is 2.01. The van der Waals surface area contributed by atoms with Gasteiger partial charge in [-0.3, -0.25) is 4.79 Å². The molecule has 0 saturated heterocycles. The number of hydrogen-bond donors (Lipinski definition) is 1. The van der Waals surface area contributed by atoms with Crippen LogP contribution in [0.1, 0.15) is 51.5 Å². The van der Waals surface area contributed by atoms with Crippen LogP contribution in [0, 0.1) is 13.8 Å². The zero-order valence-electron chi connectivity index (χ0n) is 11.7. The molecule has 4 heteroatoms. The molecule has 0 aliphatic rings. The number of amides is 1. The van der Waals surface area contributed by atoms with Crippen molar-refractivity contribution in [2.75, 3.05) is 0 Å². The molecule has 102 valence electrons. The number of furan rings is 1. The predicted molar refractivity (Wildman–Crippen MR) is 77.8 cm³/mol. The first kappa shape index (κ1) is 13.9. The second kappa shape index (κ2) is 5.61. The van der Waals surface area contributed by atoms with Crippen molar-refractivity contribution in [3.05, 3.63) is 45.0 Å². The van der Waals surface area contributed by atoms with Crippen molar-refractivity contribution in [1.29, 1.82) is 0 Å². The summed E-state index contributed by atoms with van der Waals surface area (Å²) < 4.78 is 5.52. The zero-order valence-corrected chi connectivity index (χ0v) is 12.6. The number of rotatable bonds is 4. The smallest absolute Gasteiger partial charge is 0.261 e. The fourth-order valence-corrected chi connectivity index (χ4v) is 3.02. The van der Waals surface area contributed by atoms with Gasteiger partial charge in [-0.25, -0.2) is 0 Å². The van der Waals surface area contributed by atoms with E-state index in [-0.39, 0.29) is 11.9 Å². The van der Waals surface area contributed by atoms with Gasteiger partial charge in [-0.1, -0.05) is 6.92 Å². The van der Waals surface area contributed by atoms with Gasteiger partial charge >= 0.3 is 0 Å². The van der Waals surface area contributed by atoms with Crippen molar-refractivity contribution < 1.29 is 9.21 Å². The van der Waals surface area contributed by atoms with Crippen LogP contribution in [0.25, 0.3) is 0 Å². The SMILES string of the molecule is CCc1cc(C(=O)NC(C)c2ccc(C)o2)sc1C. The lowest BCUT2D eigenvalue weighted by Crippen LogP contribution is -2.25. The Bertz CT molecular complexity index is 583. The zero-order chi connectivity index (χ0) is 14.0. The van der Waals surface area contributed by atoms with Crippen LogP contribution >= 0.6 is 11.3 Å². The average Bonchev–Trinajstić information content (AvgIpc) is 2.95. The van der Waals surface area contributed by atoms with Crippen molar-refractivity contribution >= 4 is 17.2 Å². The molecule has 3 nitrogen and oxygen atoms in total. The molecule has 0 bridgehead atoms. The fraction of sp³-hybridized carbons (Fsp3) is 0.400. The summed E-state index contributed by atoms with van der Waals surface area (Å²) in [6, 6.07) is 5.67. The molecule has 2 aromatic rings. The molecule has 1 atom stereocenters. The van der Waals surface area contributed by atoms with E-state index in [1.165, 1.54) is 10.4 Å². The van der Waals surface area contributed by atoms with Gasteiger partial charge in [0, 0.05) is 4.88 Å². The minimum Gasteiger partial charge on any atom is -0.464 e. The third-order valence-corrected chi connectivity index (χ3v) is 4.25. The number of thiophene rings is 1. The summed E-state index contributed by atoms with van der Waals surface area (Å²) in [7, 11) is 0. The first-order valence-corrected chi connectivity index (χ1v) is 7.29. The minimum atomic E-state index is -0.117. The van der Waals surface area contributed by atoms with Gasteiger partial charge in [-0.2, -0.15) is 0 Å². The van der Waals surface area contributed by atoms with Crippen molar-refractivity contribution in [3.8, 4) is 0 Å². The Morgan fingerprint density at radius 2 is 2.16 bits per heavy atom. The Kier molecular flexibility index (Phi) is 4.10. The molecule has 0 radical (unpaired) electrons. The van der Waals surface area contributed by atoms with Crippen molar-refractivity contribution in [2.24, 2.45) is 0 Å². The molecular weight excluding hydrogens is 258 g/mol. The molecule has 0 aromatic carbocycles. The summed E-state index contributed by atoms with van der Waals surface area (Å²) in [5.74, 6) is 1.61. The molecule has 0 saturated carbocycles. The minimum absolute atomic E-state index is 0.0330. The lowest BCUT2D eigenvalue weighted by molar-refractivity contribution is 0.0939. The highest BCUT2D eigenvalue weighted by Crippen LogP contribution is 2.23. The number of carbonyl (C=O) groups is 1. The Hall–Kier alpha value is -1.55. The van der Waals surface area contributed by atoms with Gasteiger partial charge < -0.3 is 9.73 Å². The number of hydrogen-bond acceptors (Lipinski definition) is 3. The van der Waals surface area contributed by atoms with Crippen LogP contribution in [0.5, 0.6) is 0 Å². The van der Waals surface area contributed by atoms with Crippen molar-refractivity contribution in [1.82, 2.24) is 5.32 Å². The van der Waals surface area contributed by atoms with Gasteiger partial charge in [-0.15, -0.1) is 11.3 Å². The molecular formula is C15H19NO2S. The highest BCUT2D eigenvalue weighted by Gasteiger charge is 2.16. The average molecular weight is 277 g/mol. The molecule has 1 N–H and O–H groups in total. The largest absolute Gasteiger partial charge is 0.464 e. The molecule has 2 aromatic heterocycles. The highest BCUT2D eigenvalue weighted by molar-refractivity contribution is 7.14. The van der Waals surface area contributed by atoms with E-state index in [4.69, 9.17) is 4.42 Å². The Labute approximate surface area is 117 Å². The van der Waals surface area contributed by atoms with E-state index >= 15 is 0 Å². The van der Waals surface area contributed by atoms with Gasteiger partial charge in [0.15, 0.2) is 0 Å². The summed E-state index contributed by atoms with van der Waals surface area (Å²) in [4.78, 5) is 14.2. The van der Waals surface area contributed by atoms with E-state index in [1.54, 1.807) is 11.3 Å². The maximum absolute atomic E-state index is 12.2.